The van der Waals surface area contributed by atoms with Crippen LogP contribution in [0, 0.1) is 0 Å². The van der Waals surface area contributed by atoms with Crippen LogP contribution in [-0.2, 0) is 6.42 Å². The number of carbonyl (C=O) groups is 1. The standard InChI is InChI=1S/C12H17NO2/c1-13(12(14)15)10-6-5-9-11-7-3-2-4-8-11/h2-4,7-8H,5-6,9-10H2,1H3,(H,14,15). The van der Waals surface area contributed by atoms with Crippen molar-refractivity contribution >= 4 is 6.09 Å². The molecule has 1 aromatic rings. The Kier molecular flexibility index (Phi) is 4.68. The molecule has 15 heavy (non-hydrogen) atoms. The first-order chi connectivity index (χ1) is 7.20. The highest BCUT2D eigenvalue weighted by Crippen LogP contribution is 2.04. The fourth-order valence-corrected chi connectivity index (χ4v) is 1.42. The number of nitrogens with zero attached hydrogens (tertiary/aromatic N) is 1. The largest absolute Gasteiger partial charge is 0.465 e. The third kappa shape index (κ3) is 4.49. The van der Waals surface area contributed by atoms with Crippen LogP contribution < -0.4 is 0 Å². The van der Waals surface area contributed by atoms with E-state index in [2.05, 4.69) is 12.1 Å². The Bertz CT molecular complexity index is 298. The van der Waals surface area contributed by atoms with Gasteiger partial charge in [0.25, 0.3) is 0 Å². The number of aryl methyl sites for hydroxylation is 1. The SMILES string of the molecule is CN(CCCCc1ccccc1)C(=O)O. The molecule has 0 unspecified atom stereocenters. The van der Waals surface area contributed by atoms with Crippen molar-refractivity contribution in [3.8, 4) is 0 Å². The molecule has 82 valence electrons. The summed E-state index contributed by atoms with van der Waals surface area (Å²) in [6, 6.07) is 10.3. The lowest BCUT2D eigenvalue weighted by atomic mass is 10.1. The van der Waals surface area contributed by atoms with Gasteiger partial charge in [-0.1, -0.05) is 30.3 Å². The number of benzene rings is 1. The van der Waals surface area contributed by atoms with E-state index in [1.54, 1.807) is 7.05 Å². The second kappa shape index (κ2) is 6.06. The maximum absolute atomic E-state index is 10.5. The maximum Gasteiger partial charge on any atom is 0.407 e. The van der Waals surface area contributed by atoms with Crippen LogP contribution in [0.3, 0.4) is 0 Å². The Morgan fingerprint density at radius 1 is 1.27 bits per heavy atom. The minimum absolute atomic E-state index is 0.613. The molecule has 0 aromatic heterocycles. The summed E-state index contributed by atoms with van der Waals surface area (Å²) >= 11 is 0. The number of unbranched alkanes of at least 4 members (excludes halogenated alkanes) is 1. The summed E-state index contributed by atoms with van der Waals surface area (Å²) in [7, 11) is 1.60. The topological polar surface area (TPSA) is 40.5 Å². The van der Waals surface area contributed by atoms with Crippen molar-refractivity contribution in [2.24, 2.45) is 0 Å². The van der Waals surface area contributed by atoms with Gasteiger partial charge in [-0.15, -0.1) is 0 Å². The zero-order valence-corrected chi connectivity index (χ0v) is 9.02. The van der Waals surface area contributed by atoms with Gasteiger partial charge in [-0.05, 0) is 24.8 Å². The van der Waals surface area contributed by atoms with Gasteiger partial charge in [-0.2, -0.15) is 0 Å². The molecular weight excluding hydrogens is 190 g/mol. The lowest BCUT2D eigenvalue weighted by Gasteiger charge is -2.11. The molecule has 0 spiro atoms. The summed E-state index contributed by atoms with van der Waals surface area (Å²) in [5.41, 5.74) is 1.32. The summed E-state index contributed by atoms with van der Waals surface area (Å²) in [6.07, 6.45) is 2.11. The first kappa shape index (κ1) is 11.6. The van der Waals surface area contributed by atoms with Gasteiger partial charge >= 0.3 is 6.09 Å². The highest BCUT2D eigenvalue weighted by atomic mass is 16.4. The Morgan fingerprint density at radius 3 is 2.53 bits per heavy atom. The van der Waals surface area contributed by atoms with E-state index in [-0.39, 0.29) is 0 Å². The quantitative estimate of drug-likeness (QED) is 0.754. The predicted molar refractivity (Wildman–Crippen MR) is 60.0 cm³/mol. The van der Waals surface area contributed by atoms with Gasteiger partial charge in [0.2, 0.25) is 0 Å². The molecule has 1 rings (SSSR count). The van der Waals surface area contributed by atoms with Crippen LogP contribution in [0.1, 0.15) is 18.4 Å². The van der Waals surface area contributed by atoms with Crippen LogP contribution in [0.4, 0.5) is 4.79 Å². The minimum Gasteiger partial charge on any atom is -0.465 e. The highest BCUT2D eigenvalue weighted by molar-refractivity contribution is 5.64. The highest BCUT2D eigenvalue weighted by Gasteiger charge is 2.03. The van der Waals surface area contributed by atoms with Crippen molar-refractivity contribution in [1.29, 1.82) is 0 Å². The van der Waals surface area contributed by atoms with E-state index in [1.807, 2.05) is 18.2 Å². The van der Waals surface area contributed by atoms with E-state index in [4.69, 9.17) is 5.11 Å². The molecule has 0 bridgehead atoms. The summed E-state index contributed by atoms with van der Waals surface area (Å²) in [6.45, 7) is 0.613. The van der Waals surface area contributed by atoms with Crippen LogP contribution in [-0.4, -0.2) is 29.7 Å². The Labute approximate surface area is 90.3 Å². The number of amides is 1. The average Bonchev–Trinajstić information content (AvgIpc) is 2.25. The molecule has 1 N–H and O–H groups in total. The maximum atomic E-state index is 10.5. The summed E-state index contributed by atoms with van der Waals surface area (Å²) < 4.78 is 0. The number of carboxylic acid groups (broad SMARTS) is 1. The zero-order valence-electron chi connectivity index (χ0n) is 9.02. The van der Waals surface area contributed by atoms with Crippen LogP contribution in [0.25, 0.3) is 0 Å². The Balaban J connectivity index is 2.15. The molecule has 0 atom stereocenters. The van der Waals surface area contributed by atoms with Crippen LogP contribution in [0.5, 0.6) is 0 Å². The van der Waals surface area contributed by atoms with Gasteiger partial charge in [-0.25, -0.2) is 4.79 Å². The molecule has 0 heterocycles. The number of hydrogen-bond donors (Lipinski definition) is 1. The normalized spacial score (nSPS) is 9.93. The minimum atomic E-state index is -0.852. The van der Waals surface area contributed by atoms with Crippen LogP contribution in [0.2, 0.25) is 0 Å². The molecule has 0 radical (unpaired) electrons. The number of rotatable bonds is 5. The molecule has 0 fully saturated rings. The smallest absolute Gasteiger partial charge is 0.407 e. The van der Waals surface area contributed by atoms with Gasteiger partial charge in [-0.3, -0.25) is 0 Å². The monoisotopic (exact) mass is 207 g/mol. The van der Waals surface area contributed by atoms with Crippen molar-refractivity contribution < 1.29 is 9.90 Å². The fraction of sp³-hybridized carbons (Fsp3) is 0.417. The van der Waals surface area contributed by atoms with Crippen molar-refractivity contribution in [1.82, 2.24) is 4.90 Å². The Morgan fingerprint density at radius 2 is 1.93 bits per heavy atom. The van der Waals surface area contributed by atoms with Crippen LogP contribution in [0.15, 0.2) is 30.3 Å². The van der Waals surface area contributed by atoms with Gasteiger partial charge in [0.05, 0.1) is 0 Å². The molecule has 3 heteroatoms. The molecule has 1 amide bonds. The van der Waals surface area contributed by atoms with Gasteiger partial charge in [0.1, 0.15) is 0 Å². The zero-order chi connectivity index (χ0) is 11.1. The van der Waals surface area contributed by atoms with E-state index < -0.39 is 6.09 Å². The summed E-state index contributed by atoms with van der Waals surface area (Å²) in [5, 5.41) is 8.62. The summed E-state index contributed by atoms with van der Waals surface area (Å²) in [5.74, 6) is 0. The van der Waals surface area contributed by atoms with E-state index >= 15 is 0 Å². The first-order valence-corrected chi connectivity index (χ1v) is 5.18. The van der Waals surface area contributed by atoms with E-state index in [1.165, 1.54) is 10.5 Å². The second-order valence-corrected chi connectivity index (χ2v) is 3.65. The van der Waals surface area contributed by atoms with E-state index in [0.717, 1.165) is 19.3 Å². The fourth-order valence-electron chi connectivity index (χ4n) is 1.42. The van der Waals surface area contributed by atoms with Crippen molar-refractivity contribution in [2.75, 3.05) is 13.6 Å². The number of hydrogen-bond acceptors (Lipinski definition) is 1. The molecule has 3 nitrogen and oxygen atoms in total. The first-order valence-electron chi connectivity index (χ1n) is 5.18. The third-order valence-electron chi connectivity index (χ3n) is 2.38. The van der Waals surface area contributed by atoms with Crippen molar-refractivity contribution in [3.63, 3.8) is 0 Å². The Hall–Kier alpha value is -1.51. The molecule has 1 aromatic carbocycles. The third-order valence-corrected chi connectivity index (χ3v) is 2.38. The summed E-state index contributed by atoms with van der Waals surface area (Å²) in [4.78, 5) is 11.8. The molecule has 0 aliphatic heterocycles. The lowest BCUT2D eigenvalue weighted by molar-refractivity contribution is 0.155. The second-order valence-electron chi connectivity index (χ2n) is 3.65. The van der Waals surface area contributed by atoms with Crippen LogP contribution >= 0.6 is 0 Å². The molecular formula is C12H17NO2. The van der Waals surface area contributed by atoms with Gasteiger partial charge < -0.3 is 10.0 Å². The van der Waals surface area contributed by atoms with E-state index in [0.29, 0.717) is 6.54 Å². The van der Waals surface area contributed by atoms with Crippen molar-refractivity contribution in [2.45, 2.75) is 19.3 Å². The molecule has 0 aliphatic rings. The predicted octanol–water partition coefficient (Wildman–Crippen LogP) is 2.62. The average molecular weight is 207 g/mol. The van der Waals surface area contributed by atoms with E-state index in [9.17, 15) is 4.79 Å². The van der Waals surface area contributed by atoms with Gasteiger partial charge in [0, 0.05) is 13.6 Å². The lowest BCUT2D eigenvalue weighted by Crippen LogP contribution is -2.25. The molecule has 0 saturated carbocycles. The van der Waals surface area contributed by atoms with Crippen molar-refractivity contribution in [3.05, 3.63) is 35.9 Å². The molecule has 0 aliphatic carbocycles. The molecule has 0 saturated heterocycles. The van der Waals surface area contributed by atoms with Gasteiger partial charge in [0.15, 0.2) is 0 Å².